The maximum Gasteiger partial charge on any atom is 0.256 e. The standard InChI is InChI=1S/C14H8N2OS/c17-13-9-4-2-1-3-8(9)12-10-7-15-6-5-11(10)18-14(12)16-13/h1-7H,(H,16,17). The lowest BCUT2D eigenvalue weighted by molar-refractivity contribution is 1.36. The lowest BCUT2D eigenvalue weighted by Gasteiger charge is -1.98. The molecule has 3 aromatic heterocycles. The Morgan fingerprint density at radius 3 is 2.78 bits per heavy atom. The molecule has 0 amide bonds. The number of nitrogens with zero attached hydrogens (tertiary/aromatic N) is 1. The summed E-state index contributed by atoms with van der Waals surface area (Å²) >= 11 is 1.60. The monoisotopic (exact) mass is 252 g/mol. The van der Waals surface area contributed by atoms with Gasteiger partial charge in [0.15, 0.2) is 0 Å². The third-order valence-corrected chi connectivity index (χ3v) is 4.24. The van der Waals surface area contributed by atoms with E-state index < -0.39 is 0 Å². The molecule has 4 aromatic rings. The second-order valence-corrected chi connectivity index (χ2v) is 5.23. The van der Waals surface area contributed by atoms with E-state index >= 15 is 0 Å². The first kappa shape index (κ1) is 9.79. The summed E-state index contributed by atoms with van der Waals surface area (Å²) in [7, 11) is 0. The maximum atomic E-state index is 12.0. The second-order valence-electron chi connectivity index (χ2n) is 4.18. The van der Waals surface area contributed by atoms with Gasteiger partial charge in [-0.3, -0.25) is 9.78 Å². The van der Waals surface area contributed by atoms with Crippen LogP contribution in [0.15, 0.2) is 47.5 Å². The summed E-state index contributed by atoms with van der Waals surface area (Å²) in [4.78, 5) is 20.1. The van der Waals surface area contributed by atoms with Crippen molar-refractivity contribution in [2.75, 3.05) is 0 Å². The molecule has 0 unspecified atom stereocenters. The van der Waals surface area contributed by atoms with Gasteiger partial charge in [-0.25, -0.2) is 0 Å². The molecular formula is C14H8N2OS. The van der Waals surface area contributed by atoms with Crippen molar-refractivity contribution >= 4 is 42.4 Å². The minimum absolute atomic E-state index is 0.0300. The minimum atomic E-state index is -0.0300. The number of benzene rings is 1. The number of aromatic amines is 1. The Hall–Kier alpha value is -2.20. The van der Waals surface area contributed by atoms with Gasteiger partial charge in [0.25, 0.3) is 5.56 Å². The van der Waals surface area contributed by atoms with Crippen molar-refractivity contribution in [1.82, 2.24) is 9.97 Å². The lowest BCUT2D eigenvalue weighted by Crippen LogP contribution is -2.04. The van der Waals surface area contributed by atoms with Crippen LogP contribution in [0.2, 0.25) is 0 Å². The Morgan fingerprint density at radius 1 is 1.06 bits per heavy atom. The predicted molar refractivity (Wildman–Crippen MR) is 75.3 cm³/mol. The number of thiophene rings is 1. The van der Waals surface area contributed by atoms with Crippen LogP contribution >= 0.6 is 11.3 Å². The smallest absolute Gasteiger partial charge is 0.256 e. The van der Waals surface area contributed by atoms with E-state index in [0.29, 0.717) is 0 Å². The number of fused-ring (bicyclic) bond motifs is 5. The largest absolute Gasteiger partial charge is 0.313 e. The molecule has 1 aromatic carbocycles. The molecule has 18 heavy (non-hydrogen) atoms. The van der Waals surface area contributed by atoms with Gasteiger partial charge < -0.3 is 4.98 Å². The molecule has 0 saturated heterocycles. The lowest BCUT2D eigenvalue weighted by atomic mass is 10.1. The highest BCUT2D eigenvalue weighted by atomic mass is 32.1. The van der Waals surface area contributed by atoms with E-state index in [1.807, 2.05) is 36.5 Å². The summed E-state index contributed by atoms with van der Waals surface area (Å²) in [5, 5.41) is 3.92. The molecule has 0 spiro atoms. The molecular weight excluding hydrogens is 244 g/mol. The summed E-state index contributed by atoms with van der Waals surface area (Å²) in [6.07, 6.45) is 3.64. The van der Waals surface area contributed by atoms with Gasteiger partial charge in [-0.15, -0.1) is 11.3 Å². The quantitative estimate of drug-likeness (QED) is 0.522. The highest BCUT2D eigenvalue weighted by molar-refractivity contribution is 7.25. The highest BCUT2D eigenvalue weighted by Crippen LogP contribution is 2.34. The molecule has 0 saturated carbocycles. The van der Waals surface area contributed by atoms with Gasteiger partial charge in [-0.1, -0.05) is 18.2 Å². The fraction of sp³-hybridized carbons (Fsp3) is 0. The van der Waals surface area contributed by atoms with Gasteiger partial charge >= 0.3 is 0 Å². The van der Waals surface area contributed by atoms with E-state index in [1.165, 1.54) is 0 Å². The second kappa shape index (κ2) is 3.40. The molecule has 3 nitrogen and oxygen atoms in total. The van der Waals surface area contributed by atoms with E-state index in [1.54, 1.807) is 17.5 Å². The molecule has 0 radical (unpaired) electrons. The Labute approximate surface area is 106 Å². The van der Waals surface area contributed by atoms with Crippen LogP contribution in [0.25, 0.3) is 31.1 Å². The Balaban J connectivity index is 2.43. The highest BCUT2D eigenvalue weighted by Gasteiger charge is 2.10. The molecule has 0 fully saturated rings. The average Bonchev–Trinajstić information content (AvgIpc) is 2.77. The summed E-state index contributed by atoms with van der Waals surface area (Å²) in [6.45, 7) is 0. The van der Waals surface area contributed by atoms with Crippen LogP contribution in [0.5, 0.6) is 0 Å². The minimum Gasteiger partial charge on any atom is -0.313 e. The molecule has 4 heteroatoms. The first-order valence-corrected chi connectivity index (χ1v) is 6.43. The summed E-state index contributed by atoms with van der Waals surface area (Å²) in [6, 6.07) is 9.67. The van der Waals surface area contributed by atoms with Gasteiger partial charge in [0, 0.05) is 33.3 Å². The van der Waals surface area contributed by atoms with E-state index in [-0.39, 0.29) is 5.56 Å². The third-order valence-electron chi connectivity index (χ3n) is 3.16. The molecule has 3 heterocycles. The number of pyridine rings is 2. The van der Waals surface area contributed by atoms with Crippen molar-refractivity contribution in [1.29, 1.82) is 0 Å². The van der Waals surface area contributed by atoms with Gasteiger partial charge in [0.2, 0.25) is 0 Å². The first-order valence-electron chi connectivity index (χ1n) is 5.62. The summed E-state index contributed by atoms with van der Waals surface area (Å²) < 4.78 is 1.15. The van der Waals surface area contributed by atoms with Crippen LogP contribution in [0.3, 0.4) is 0 Å². The Morgan fingerprint density at radius 2 is 1.89 bits per heavy atom. The van der Waals surface area contributed by atoms with Crippen LogP contribution in [-0.4, -0.2) is 9.97 Å². The number of H-pyrrole nitrogens is 1. The van der Waals surface area contributed by atoms with Gasteiger partial charge in [0.1, 0.15) is 4.83 Å². The van der Waals surface area contributed by atoms with E-state index in [9.17, 15) is 4.79 Å². The van der Waals surface area contributed by atoms with E-state index in [2.05, 4.69) is 9.97 Å². The topological polar surface area (TPSA) is 45.8 Å². The number of aromatic nitrogens is 2. The Kier molecular flexibility index (Phi) is 1.85. The number of hydrogen-bond donors (Lipinski definition) is 1. The molecule has 1 N–H and O–H groups in total. The Bertz CT molecular complexity index is 952. The molecule has 4 rings (SSSR count). The van der Waals surface area contributed by atoms with Crippen LogP contribution in [0.1, 0.15) is 0 Å². The van der Waals surface area contributed by atoms with Crippen molar-refractivity contribution in [3.05, 3.63) is 53.1 Å². The fourth-order valence-corrected chi connectivity index (χ4v) is 3.45. The number of nitrogens with one attached hydrogen (secondary N) is 1. The molecule has 0 aliphatic heterocycles. The van der Waals surface area contributed by atoms with Gasteiger partial charge in [0.05, 0.1) is 0 Å². The van der Waals surface area contributed by atoms with Crippen molar-refractivity contribution in [3.8, 4) is 0 Å². The fourth-order valence-electron chi connectivity index (χ4n) is 2.37. The number of rotatable bonds is 0. The van der Waals surface area contributed by atoms with Crippen molar-refractivity contribution < 1.29 is 0 Å². The van der Waals surface area contributed by atoms with Crippen molar-refractivity contribution in [2.24, 2.45) is 0 Å². The van der Waals surface area contributed by atoms with Crippen LogP contribution in [0, 0.1) is 0 Å². The predicted octanol–water partition coefficient (Wildman–Crippen LogP) is 3.29. The molecule has 0 atom stereocenters. The summed E-state index contributed by atoms with van der Waals surface area (Å²) in [5.41, 5.74) is -0.0300. The van der Waals surface area contributed by atoms with E-state index in [0.717, 1.165) is 31.1 Å². The van der Waals surface area contributed by atoms with Crippen molar-refractivity contribution in [3.63, 3.8) is 0 Å². The first-order chi connectivity index (χ1) is 8.84. The zero-order valence-corrected chi connectivity index (χ0v) is 10.1. The zero-order valence-electron chi connectivity index (χ0n) is 9.31. The average molecular weight is 252 g/mol. The molecule has 86 valence electrons. The SMILES string of the molecule is O=c1[nH]c2sc3ccncc3c2c2ccccc12. The van der Waals surface area contributed by atoms with E-state index in [4.69, 9.17) is 0 Å². The molecule has 0 bridgehead atoms. The van der Waals surface area contributed by atoms with Gasteiger partial charge in [-0.2, -0.15) is 0 Å². The molecule has 0 aliphatic carbocycles. The normalized spacial score (nSPS) is 11.6. The summed E-state index contributed by atoms with van der Waals surface area (Å²) in [5.74, 6) is 0. The van der Waals surface area contributed by atoms with Crippen LogP contribution < -0.4 is 5.56 Å². The number of hydrogen-bond acceptors (Lipinski definition) is 3. The maximum absolute atomic E-state index is 12.0. The van der Waals surface area contributed by atoms with Gasteiger partial charge in [-0.05, 0) is 17.5 Å². The van der Waals surface area contributed by atoms with Crippen LogP contribution in [-0.2, 0) is 0 Å². The zero-order chi connectivity index (χ0) is 12.1. The molecule has 0 aliphatic rings. The third kappa shape index (κ3) is 1.18. The van der Waals surface area contributed by atoms with Crippen LogP contribution in [0.4, 0.5) is 0 Å². The van der Waals surface area contributed by atoms with Crippen molar-refractivity contribution in [2.45, 2.75) is 0 Å².